The van der Waals surface area contributed by atoms with Crippen LogP contribution in [-0.2, 0) is 9.59 Å². The highest BCUT2D eigenvalue weighted by molar-refractivity contribution is 8.01. The molecule has 0 spiro atoms. The average molecular weight is 443 g/mol. The lowest BCUT2D eigenvalue weighted by molar-refractivity contribution is -0.114. The van der Waals surface area contributed by atoms with Crippen LogP contribution in [0.15, 0.2) is 58.9 Å². The molecule has 1 heterocycles. The van der Waals surface area contributed by atoms with Gasteiger partial charge in [-0.1, -0.05) is 41.3 Å². The van der Waals surface area contributed by atoms with Gasteiger partial charge in [0.15, 0.2) is 4.34 Å². The fourth-order valence-corrected chi connectivity index (χ4v) is 3.81. The summed E-state index contributed by atoms with van der Waals surface area (Å²) in [7, 11) is 0. The van der Waals surface area contributed by atoms with Gasteiger partial charge < -0.3 is 16.0 Å². The predicted molar refractivity (Wildman–Crippen MR) is 119 cm³/mol. The lowest BCUT2D eigenvalue weighted by atomic mass is 10.3. The Morgan fingerprint density at radius 3 is 2.13 bits per heavy atom. The van der Waals surface area contributed by atoms with Crippen molar-refractivity contribution in [2.75, 3.05) is 27.0 Å². The third kappa shape index (κ3) is 6.87. The van der Waals surface area contributed by atoms with Gasteiger partial charge in [0.25, 0.3) is 0 Å². The van der Waals surface area contributed by atoms with E-state index in [0.717, 1.165) is 0 Å². The molecule has 0 unspecified atom stereocenters. The Balaban J connectivity index is 1.43. The van der Waals surface area contributed by atoms with E-state index < -0.39 is 6.03 Å². The molecule has 154 valence electrons. The second-order valence-corrected chi connectivity index (χ2v) is 8.11. The van der Waals surface area contributed by atoms with Crippen molar-refractivity contribution >= 4 is 63.1 Å². The largest absolute Gasteiger partial charge is 0.326 e. The van der Waals surface area contributed by atoms with Crippen LogP contribution < -0.4 is 21.3 Å². The topological polar surface area (TPSA) is 125 Å². The number of amides is 4. The molecule has 0 aliphatic rings. The van der Waals surface area contributed by atoms with Gasteiger partial charge in [-0.05, 0) is 36.4 Å². The normalized spacial score (nSPS) is 10.2. The van der Waals surface area contributed by atoms with Crippen LogP contribution in [0.5, 0.6) is 0 Å². The van der Waals surface area contributed by atoms with E-state index in [-0.39, 0.29) is 17.6 Å². The molecule has 9 nitrogen and oxygen atoms in total. The minimum atomic E-state index is -0.422. The number of nitrogens with zero attached hydrogens (tertiary/aromatic N) is 2. The Kier molecular flexibility index (Phi) is 7.35. The molecule has 0 saturated heterocycles. The van der Waals surface area contributed by atoms with E-state index in [1.807, 2.05) is 18.2 Å². The number of hydrogen-bond acceptors (Lipinski definition) is 7. The molecule has 2 aromatic carbocycles. The standard InChI is InChI=1S/C19H18N6O3S2/c1-12(26)20-14-7-9-15(10-8-14)21-16(27)11-29-19-25-24-18(30-19)23-17(28)22-13-5-3-2-4-6-13/h2-10H,11H2,1H3,(H,20,26)(H,21,27)(H2,22,23,24,28). The molecular weight excluding hydrogens is 424 g/mol. The van der Waals surface area contributed by atoms with E-state index in [4.69, 9.17) is 0 Å². The summed E-state index contributed by atoms with van der Waals surface area (Å²) in [6.07, 6.45) is 0. The predicted octanol–water partition coefficient (Wildman–Crippen LogP) is 3.87. The van der Waals surface area contributed by atoms with Gasteiger partial charge in [0.1, 0.15) is 0 Å². The monoisotopic (exact) mass is 442 g/mol. The van der Waals surface area contributed by atoms with Crippen molar-refractivity contribution in [3.63, 3.8) is 0 Å². The van der Waals surface area contributed by atoms with Crippen LogP contribution in [0, 0.1) is 0 Å². The quantitative estimate of drug-likeness (QED) is 0.325. The minimum absolute atomic E-state index is 0.137. The minimum Gasteiger partial charge on any atom is -0.326 e. The first-order valence-corrected chi connectivity index (χ1v) is 10.5. The number of para-hydroxylation sites is 1. The zero-order chi connectivity index (χ0) is 21.3. The van der Waals surface area contributed by atoms with Crippen LogP contribution in [0.3, 0.4) is 0 Å². The molecule has 0 atom stereocenters. The van der Waals surface area contributed by atoms with E-state index in [1.165, 1.54) is 30.0 Å². The molecule has 11 heteroatoms. The van der Waals surface area contributed by atoms with Crippen molar-refractivity contribution in [1.82, 2.24) is 10.2 Å². The summed E-state index contributed by atoms with van der Waals surface area (Å²) < 4.78 is 0.557. The molecule has 0 fully saturated rings. The van der Waals surface area contributed by atoms with Gasteiger partial charge in [-0.2, -0.15) is 0 Å². The Hall–Kier alpha value is -3.44. The summed E-state index contributed by atoms with van der Waals surface area (Å²) in [5.74, 6) is -0.233. The number of carbonyl (C=O) groups excluding carboxylic acids is 3. The lowest BCUT2D eigenvalue weighted by Crippen LogP contribution is -2.19. The average Bonchev–Trinajstić information content (AvgIpc) is 3.15. The van der Waals surface area contributed by atoms with Crippen LogP contribution >= 0.6 is 23.1 Å². The first-order chi connectivity index (χ1) is 14.5. The molecule has 0 bridgehead atoms. The zero-order valence-electron chi connectivity index (χ0n) is 15.8. The molecule has 0 aliphatic carbocycles. The molecule has 3 aromatic rings. The molecule has 1 aromatic heterocycles. The summed E-state index contributed by atoms with van der Waals surface area (Å²) in [6.45, 7) is 1.43. The lowest BCUT2D eigenvalue weighted by Gasteiger charge is -2.06. The van der Waals surface area contributed by atoms with Crippen LogP contribution in [0.25, 0.3) is 0 Å². The third-order valence-electron chi connectivity index (χ3n) is 3.47. The second kappa shape index (κ2) is 10.4. The highest BCUT2D eigenvalue weighted by atomic mass is 32.2. The van der Waals surface area contributed by atoms with Crippen LogP contribution in [-0.4, -0.2) is 33.8 Å². The summed E-state index contributed by atoms with van der Waals surface area (Å²) in [5.41, 5.74) is 1.93. The van der Waals surface area contributed by atoms with Gasteiger partial charge >= 0.3 is 6.03 Å². The zero-order valence-corrected chi connectivity index (χ0v) is 17.5. The van der Waals surface area contributed by atoms with Crippen molar-refractivity contribution in [2.45, 2.75) is 11.3 Å². The van der Waals surface area contributed by atoms with Crippen LogP contribution in [0.1, 0.15) is 6.92 Å². The molecule has 0 saturated carbocycles. The number of thioether (sulfide) groups is 1. The molecule has 0 radical (unpaired) electrons. The fraction of sp³-hybridized carbons (Fsp3) is 0.105. The Labute approximate surface area is 180 Å². The molecule has 4 N–H and O–H groups in total. The van der Waals surface area contributed by atoms with Gasteiger partial charge in [-0.15, -0.1) is 10.2 Å². The molecule has 4 amide bonds. The first kappa shape index (κ1) is 21.3. The highest BCUT2D eigenvalue weighted by Gasteiger charge is 2.11. The van der Waals surface area contributed by atoms with Crippen molar-refractivity contribution in [3.05, 3.63) is 54.6 Å². The van der Waals surface area contributed by atoms with Crippen LogP contribution in [0.4, 0.5) is 27.0 Å². The number of hydrogen-bond donors (Lipinski definition) is 4. The van der Waals surface area contributed by atoms with Gasteiger partial charge in [-0.3, -0.25) is 14.9 Å². The van der Waals surface area contributed by atoms with E-state index in [0.29, 0.717) is 26.5 Å². The summed E-state index contributed by atoms with van der Waals surface area (Å²) in [4.78, 5) is 35.1. The molecule has 0 aliphatic heterocycles. The molecule has 3 rings (SSSR count). The number of nitrogens with one attached hydrogen (secondary N) is 4. The van der Waals surface area contributed by atoms with Crippen molar-refractivity contribution in [1.29, 1.82) is 0 Å². The summed E-state index contributed by atoms with van der Waals surface area (Å²) in [6, 6.07) is 15.4. The fourth-order valence-electron chi connectivity index (χ4n) is 2.26. The number of urea groups is 1. The second-order valence-electron chi connectivity index (χ2n) is 5.91. The van der Waals surface area contributed by atoms with Crippen LogP contribution in [0.2, 0.25) is 0 Å². The van der Waals surface area contributed by atoms with E-state index in [9.17, 15) is 14.4 Å². The van der Waals surface area contributed by atoms with Crippen molar-refractivity contribution in [2.24, 2.45) is 0 Å². The first-order valence-electron chi connectivity index (χ1n) is 8.75. The van der Waals surface area contributed by atoms with E-state index >= 15 is 0 Å². The number of rotatable bonds is 7. The van der Waals surface area contributed by atoms with Gasteiger partial charge in [0.05, 0.1) is 5.75 Å². The molecular formula is C19H18N6O3S2. The Morgan fingerprint density at radius 2 is 1.47 bits per heavy atom. The Bertz CT molecular complexity index is 1020. The van der Waals surface area contributed by atoms with E-state index in [1.54, 1.807) is 36.4 Å². The number of aromatic nitrogens is 2. The van der Waals surface area contributed by atoms with Crippen molar-refractivity contribution in [3.8, 4) is 0 Å². The van der Waals surface area contributed by atoms with Gasteiger partial charge in [0, 0.05) is 24.0 Å². The summed E-state index contributed by atoms with van der Waals surface area (Å²) >= 11 is 2.39. The number of carbonyl (C=O) groups is 3. The maximum Gasteiger partial charge on any atom is 0.325 e. The van der Waals surface area contributed by atoms with Gasteiger partial charge in [0.2, 0.25) is 16.9 Å². The number of benzene rings is 2. The third-order valence-corrected chi connectivity index (χ3v) is 5.45. The van der Waals surface area contributed by atoms with E-state index in [2.05, 4.69) is 31.5 Å². The van der Waals surface area contributed by atoms with Gasteiger partial charge in [-0.25, -0.2) is 4.79 Å². The highest BCUT2D eigenvalue weighted by Crippen LogP contribution is 2.25. The number of anilines is 4. The molecule has 30 heavy (non-hydrogen) atoms. The maximum atomic E-state index is 12.1. The van der Waals surface area contributed by atoms with Crippen molar-refractivity contribution < 1.29 is 14.4 Å². The summed E-state index contributed by atoms with van der Waals surface area (Å²) in [5, 5.41) is 18.9. The maximum absolute atomic E-state index is 12.1. The smallest absolute Gasteiger partial charge is 0.325 e. The Morgan fingerprint density at radius 1 is 0.833 bits per heavy atom. The SMILES string of the molecule is CC(=O)Nc1ccc(NC(=O)CSc2nnc(NC(=O)Nc3ccccc3)s2)cc1.